The van der Waals surface area contributed by atoms with Gasteiger partial charge in [0.1, 0.15) is 11.2 Å². The first-order valence-electron chi connectivity index (χ1n) is 10.2. The SMILES string of the molecule is CC.CCC.C[C@H]1COC[C@H](C)N1Cc1cnc2c(c1)=CC1CC1C=2F. The fourth-order valence-electron chi connectivity index (χ4n) is 3.59. The average Bonchev–Trinajstić information content (AvgIpc) is 3.40. The van der Waals surface area contributed by atoms with Crippen molar-refractivity contribution in [3.63, 3.8) is 0 Å². The molecule has 2 unspecified atom stereocenters. The lowest BCUT2D eigenvalue weighted by Gasteiger charge is -2.38. The molecule has 3 aliphatic rings. The van der Waals surface area contributed by atoms with Crippen LogP contribution in [0.3, 0.4) is 0 Å². The van der Waals surface area contributed by atoms with E-state index in [0.717, 1.165) is 37.0 Å². The molecule has 0 N–H and O–H groups in total. The van der Waals surface area contributed by atoms with E-state index in [2.05, 4.69) is 49.7 Å². The summed E-state index contributed by atoms with van der Waals surface area (Å²) in [6.45, 7) is 15.0. The number of morpholine rings is 1. The number of nitrogens with zero attached hydrogens (tertiary/aromatic N) is 2. The Labute approximate surface area is 158 Å². The monoisotopic (exact) mass is 362 g/mol. The van der Waals surface area contributed by atoms with Crippen molar-refractivity contribution in [3.05, 3.63) is 28.4 Å². The Kier molecular flexibility index (Phi) is 7.78. The molecule has 0 amide bonds. The third-order valence-electron chi connectivity index (χ3n) is 4.97. The number of hydrogen-bond acceptors (Lipinski definition) is 3. The Bertz CT molecular complexity index is 693. The zero-order chi connectivity index (χ0) is 19.3. The summed E-state index contributed by atoms with van der Waals surface area (Å²) in [5.41, 5.74) is 1.16. The van der Waals surface area contributed by atoms with Gasteiger partial charge < -0.3 is 4.74 Å². The third-order valence-corrected chi connectivity index (χ3v) is 4.97. The van der Waals surface area contributed by atoms with Gasteiger partial charge in [-0.1, -0.05) is 40.2 Å². The average molecular weight is 363 g/mol. The van der Waals surface area contributed by atoms with Crippen molar-refractivity contribution in [1.29, 1.82) is 0 Å². The van der Waals surface area contributed by atoms with Gasteiger partial charge >= 0.3 is 0 Å². The topological polar surface area (TPSA) is 25.4 Å². The predicted octanol–water partition coefficient (Wildman–Crippen LogP) is 3.64. The number of rotatable bonds is 2. The molecule has 4 rings (SSSR count). The second kappa shape index (κ2) is 9.61. The van der Waals surface area contributed by atoms with Crippen molar-refractivity contribution in [2.45, 2.75) is 73.0 Å². The molecule has 3 nitrogen and oxygen atoms in total. The first-order valence-corrected chi connectivity index (χ1v) is 10.2. The molecule has 146 valence electrons. The summed E-state index contributed by atoms with van der Waals surface area (Å²) in [7, 11) is 0. The first kappa shape index (κ1) is 21.0. The predicted molar refractivity (Wildman–Crippen MR) is 107 cm³/mol. The van der Waals surface area contributed by atoms with Crippen molar-refractivity contribution >= 4 is 11.9 Å². The van der Waals surface area contributed by atoms with Crippen molar-refractivity contribution in [2.24, 2.45) is 11.8 Å². The zero-order valence-electron chi connectivity index (χ0n) is 17.3. The van der Waals surface area contributed by atoms with E-state index in [1.54, 1.807) is 0 Å². The Morgan fingerprint density at radius 1 is 1.19 bits per heavy atom. The van der Waals surface area contributed by atoms with Gasteiger partial charge in [0, 0.05) is 30.7 Å². The van der Waals surface area contributed by atoms with Crippen LogP contribution in [0.4, 0.5) is 4.39 Å². The minimum atomic E-state index is -0.00263. The van der Waals surface area contributed by atoms with Gasteiger partial charge in [0.05, 0.1) is 13.2 Å². The summed E-state index contributed by atoms with van der Waals surface area (Å²) in [6, 6.07) is 2.93. The van der Waals surface area contributed by atoms with E-state index in [4.69, 9.17) is 4.74 Å². The van der Waals surface area contributed by atoms with Crippen LogP contribution in [0.15, 0.2) is 12.3 Å². The second-order valence-corrected chi connectivity index (χ2v) is 7.42. The van der Waals surface area contributed by atoms with E-state index in [1.165, 1.54) is 6.42 Å². The molecule has 1 saturated carbocycles. The van der Waals surface area contributed by atoms with Gasteiger partial charge in [0.2, 0.25) is 0 Å². The van der Waals surface area contributed by atoms with Crippen molar-refractivity contribution < 1.29 is 9.13 Å². The number of pyridine rings is 1. The summed E-state index contributed by atoms with van der Waals surface area (Å²) < 4.78 is 19.7. The van der Waals surface area contributed by atoms with Crippen LogP contribution < -0.4 is 10.6 Å². The fraction of sp³-hybridized carbons (Fsp3) is 0.682. The Morgan fingerprint density at radius 2 is 1.81 bits per heavy atom. The summed E-state index contributed by atoms with van der Waals surface area (Å²) in [5, 5.41) is 1.55. The summed E-state index contributed by atoms with van der Waals surface area (Å²) >= 11 is 0. The first-order chi connectivity index (χ1) is 12.5. The molecule has 2 aliphatic carbocycles. The molecule has 2 heterocycles. The molecule has 1 aromatic heterocycles. The largest absolute Gasteiger partial charge is 0.378 e. The Hall–Kier alpha value is -1.26. The smallest absolute Gasteiger partial charge is 0.130 e. The minimum absolute atomic E-state index is 0.00263. The Balaban J connectivity index is 0.000000444. The maximum Gasteiger partial charge on any atom is 0.130 e. The third kappa shape index (κ3) is 4.72. The van der Waals surface area contributed by atoms with Gasteiger partial charge in [0.25, 0.3) is 0 Å². The summed E-state index contributed by atoms with van der Waals surface area (Å²) in [5.74, 6) is 0.531. The van der Waals surface area contributed by atoms with Gasteiger partial charge in [-0.3, -0.25) is 9.88 Å². The fourth-order valence-corrected chi connectivity index (χ4v) is 3.59. The molecule has 2 fully saturated rings. The Morgan fingerprint density at radius 3 is 2.42 bits per heavy atom. The van der Waals surface area contributed by atoms with E-state index < -0.39 is 0 Å². The van der Waals surface area contributed by atoms with Crippen molar-refractivity contribution in [2.75, 3.05) is 13.2 Å². The lowest BCUT2D eigenvalue weighted by Crippen LogP contribution is -2.49. The van der Waals surface area contributed by atoms with Crippen LogP contribution >= 0.6 is 0 Å². The highest BCUT2D eigenvalue weighted by molar-refractivity contribution is 5.54. The van der Waals surface area contributed by atoms with Crippen LogP contribution in [0.2, 0.25) is 0 Å². The van der Waals surface area contributed by atoms with Crippen LogP contribution in [0.25, 0.3) is 11.9 Å². The molecule has 0 radical (unpaired) electrons. The van der Waals surface area contributed by atoms with Crippen LogP contribution in [0.5, 0.6) is 0 Å². The maximum atomic E-state index is 14.1. The summed E-state index contributed by atoms with van der Waals surface area (Å²) in [6.07, 6.45) is 6.24. The number of hydrogen-bond donors (Lipinski definition) is 0. The van der Waals surface area contributed by atoms with E-state index >= 15 is 0 Å². The van der Waals surface area contributed by atoms with Crippen LogP contribution in [-0.4, -0.2) is 35.2 Å². The van der Waals surface area contributed by atoms with Gasteiger partial charge in [-0.2, -0.15) is 0 Å². The van der Waals surface area contributed by atoms with E-state index in [-0.39, 0.29) is 11.7 Å². The molecule has 1 aromatic rings. The maximum absolute atomic E-state index is 14.1. The molecule has 0 bridgehead atoms. The molecular formula is C22H35FN2O. The minimum Gasteiger partial charge on any atom is -0.378 e. The molecular weight excluding hydrogens is 327 g/mol. The highest BCUT2D eigenvalue weighted by atomic mass is 19.1. The number of aromatic nitrogens is 1. The number of ether oxygens (including phenoxy) is 1. The molecule has 0 spiro atoms. The van der Waals surface area contributed by atoms with Crippen molar-refractivity contribution in [1.82, 2.24) is 9.88 Å². The highest BCUT2D eigenvalue weighted by Crippen LogP contribution is 2.46. The second-order valence-electron chi connectivity index (χ2n) is 7.42. The molecule has 26 heavy (non-hydrogen) atoms. The summed E-state index contributed by atoms with van der Waals surface area (Å²) in [4.78, 5) is 6.83. The van der Waals surface area contributed by atoms with Crippen LogP contribution in [0, 0.1) is 11.8 Å². The quantitative estimate of drug-likeness (QED) is 0.803. The van der Waals surface area contributed by atoms with Crippen molar-refractivity contribution in [3.8, 4) is 0 Å². The molecule has 4 atom stereocenters. The van der Waals surface area contributed by atoms with E-state index in [1.807, 2.05) is 20.0 Å². The number of halogens is 1. The molecule has 0 aromatic carbocycles. The lowest BCUT2D eigenvalue weighted by atomic mass is 10.1. The van der Waals surface area contributed by atoms with Crippen LogP contribution in [-0.2, 0) is 11.3 Å². The van der Waals surface area contributed by atoms with Gasteiger partial charge in [0.15, 0.2) is 0 Å². The molecule has 4 heteroatoms. The highest BCUT2D eigenvalue weighted by Gasteiger charge is 2.41. The normalized spacial score (nSPS) is 29.1. The van der Waals surface area contributed by atoms with Gasteiger partial charge in [-0.25, -0.2) is 4.39 Å². The standard InChI is InChI=1S/C17H21FN2O.C3H8.C2H6/c1-10-8-21-9-11(2)20(10)7-12-3-14-4-13-5-15(13)16(18)17(14)19-6-12;1-3-2;1-2/h3-4,6,10-11,13,15H,5,7-9H2,1-2H3;3H2,1-2H3;1-2H3/t10-,11-,13?,15?;;/m0../s1. The zero-order valence-corrected chi connectivity index (χ0v) is 17.3. The van der Waals surface area contributed by atoms with Gasteiger partial charge in [-0.05, 0) is 43.0 Å². The molecule has 1 aliphatic heterocycles. The molecule has 1 saturated heterocycles. The van der Waals surface area contributed by atoms with Gasteiger partial charge in [-0.15, -0.1) is 0 Å². The lowest BCUT2D eigenvalue weighted by molar-refractivity contribution is -0.0410. The number of fused-ring (bicyclic) bond motifs is 2. The van der Waals surface area contributed by atoms with Crippen LogP contribution in [0.1, 0.15) is 59.9 Å². The van der Waals surface area contributed by atoms with E-state index in [9.17, 15) is 4.39 Å². The van der Waals surface area contributed by atoms with E-state index in [0.29, 0.717) is 23.4 Å².